The highest BCUT2D eigenvalue weighted by Crippen LogP contribution is 2.28. The molecule has 2 rings (SSSR count). The first-order valence-electron chi connectivity index (χ1n) is 7.34. The average Bonchev–Trinajstić information content (AvgIpc) is 2.28. The molecule has 4 heteroatoms. The van der Waals surface area contributed by atoms with Gasteiger partial charge in [0.2, 0.25) is 0 Å². The van der Waals surface area contributed by atoms with E-state index in [1.54, 1.807) is 4.90 Å². The van der Waals surface area contributed by atoms with Gasteiger partial charge in [0.1, 0.15) is 11.2 Å². The lowest BCUT2D eigenvalue weighted by atomic mass is 9.85. The minimum atomic E-state index is -0.838. The summed E-state index contributed by atoms with van der Waals surface area (Å²) < 4.78 is 5.30. The van der Waals surface area contributed by atoms with E-state index < -0.39 is 11.2 Å². The number of amides is 1. The Morgan fingerprint density at radius 1 is 1.33 bits per heavy atom. The van der Waals surface area contributed by atoms with Crippen molar-refractivity contribution in [1.29, 1.82) is 0 Å². The molecule has 116 valence electrons. The van der Waals surface area contributed by atoms with Gasteiger partial charge in [0.25, 0.3) is 0 Å². The number of hydrogen-bond acceptors (Lipinski definition) is 3. The van der Waals surface area contributed by atoms with Crippen LogP contribution in [-0.2, 0) is 11.2 Å². The van der Waals surface area contributed by atoms with E-state index in [0.717, 1.165) is 5.56 Å². The van der Waals surface area contributed by atoms with Gasteiger partial charge in [0, 0.05) is 6.42 Å². The quantitative estimate of drug-likeness (QED) is 0.911. The van der Waals surface area contributed by atoms with Crippen molar-refractivity contribution in [2.45, 2.75) is 52.2 Å². The number of aryl methyl sites for hydroxylation is 2. The molecule has 0 aromatic heterocycles. The van der Waals surface area contributed by atoms with Crippen molar-refractivity contribution in [3.63, 3.8) is 0 Å². The first kappa shape index (κ1) is 15.8. The SMILES string of the molecule is Cc1ccc(C)c(CC2(O)CN(C(=O)OC(C)(C)C)C2)c1. The van der Waals surface area contributed by atoms with Crippen molar-refractivity contribution in [1.82, 2.24) is 4.90 Å². The maximum atomic E-state index is 11.9. The Balaban J connectivity index is 1.95. The van der Waals surface area contributed by atoms with Crippen LogP contribution in [0.5, 0.6) is 0 Å². The molecule has 0 aliphatic carbocycles. The molecular formula is C17H25NO3. The zero-order valence-corrected chi connectivity index (χ0v) is 13.6. The number of nitrogens with zero attached hydrogens (tertiary/aromatic N) is 1. The van der Waals surface area contributed by atoms with Crippen LogP contribution in [0.4, 0.5) is 4.79 Å². The molecule has 0 atom stereocenters. The Bertz CT molecular complexity index is 539. The van der Waals surface area contributed by atoms with Gasteiger partial charge in [0.15, 0.2) is 0 Å². The smallest absolute Gasteiger partial charge is 0.410 e. The van der Waals surface area contributed by atoms with Crippen molar-refractivity contribution in [2.24, 2.45) is 0 Å². The molecule has 1 saturated heterocycles. The number of hydrogen-bond donors (Lipinski definition) is 1. The Morgan fingerprint density at radius 2 is 1.95 bits per heavy atom. The van der Waals surface area contributed by atoms with Crippen LogP contribution in [-0.4, -0.2) is 40.4 Å². The van der Waals surface area contributed by atoms with E-state index in [1.807, 2.05) is 34.6 Å². The van der Waals surface area contributed by atoms with Crippen molar-refractivity contribution >= 4 is 6.09 Å². The van der Waals surface area contributed by atoms with E-state index >= 15 is 0 Å². The van der Waals surface area contributed by atoms with E-state index in [4.69, 9.17) is 4.74 Å². The number of carbonyl (C=O) groups excluding carboxylic acids is 1. The molecule has 1 aliphatic heterocycles. The molecule has 1 amide bonds. The zero-order chi connectivity index (χ0) is 15.8. The van der Waals surface area contributed by atoms with E-state index in [2.05, 4.69) is 18.2 Å². The number of β-amino-alcohol motifs (C(OH)–C–C–N with tert-alkyl or cyclic N) is 1. The van der Waals surface area contributed by atoms with Crippen LogP contribution in [0.3, 0.4) is 0 Å². The van der Waals surface area contributed by atoms with Crippen LogP contribution in [0.25, 0.3) is 0 Å². The van der Waals surface area contributed by atoms with Crippen LogP contribution in [0.15, 0.2) is 18.2 Å². The monoisotopic (exact) mass is 291 g/mol. The first-order chi connectivity index (χ1) is 9.58. The first-order valence-corrected chi connectivity index (χ1v) is 7.34. The minimum absolute atomic E-state index is 0.329. The van der Waals surface area contributed by atoms with Crippen molar-refractivity contribution in [2.75, 3.05) is 13.1 Å². The van der Waals surface area contributed by atoms with Crippen LogP contribution in [0.2, 0.25) is 0 Å². The lowest BCUT2D eigenvalue weighted by Crippen LogP contribution is -2.65. The van der Waals surface area contributed by atoms with Crippen LogP contribution in [0.1, 0.15) is 37.5 Å². The Hall–Kier alpha value is -1.55. The number of benzene rings is 1. The normalized spacial score (nSPS) is 17.3. The third-order valence-electron chi connectivity index (χ3n) is 3.65. The molecule has 0 unspecified atom stereocenters. The van der Waals surface area contributed by atoms with Crippen molar-refractivity contribution in [3.8, 4) is 0 Å². The summed E-state index contributed by atoms with van der Waals surface area (Å²) in [6.07, 6.45) is 0.216. The van der Waals surface area contributed by atoms with Gasteiger partial charge >= 0.3 is 6.09 Å². The third-order valence-corrected chi connectivity index (χ3v) is 3.65. The second-order valence-electron chi connectivity index (χ2n) is 7.17. The topological polar surface area (TPSA) is 49.8 Å². The predicted octanol–water partition coefficient (Wildman–Crippen LogP) is 2.83. The molecule has 1 aromatic carbocycles. The number of aliphatic hydroxyl groups is 1. The summed E-state index contributed by atoms with van der Waals surface area (Å²) in [5, 5.41) is 10.5. The lowest BCUT2D eigenvalue weighted by Gasteiger charge is -2.46. The number of carbonyl (C=O) groups is 1. The van der Waals surface area contributed by atoms with Crippen molar-refractivity contribution in [3.05, 3.63) is 34.9 Å². The Kier molecular flexibility index (Phi) is 4.02. The predicted molar refractivity (Wildman–Crippen MR) is 82.4 cm³/mol. The molecule has 0 spiro atoms. The number of ether oxygens (including phenoxy) is 1. The molecule has 0 saturated carbocycles. The van der Waals surface area contributed by atoms with Gasteiger partial charge in [0.05, 0.1) is 13.1 Å². The maximum absolute atomic E-state index is 11.9. The van der Waals surface area contributed by atoms with E-state index in [1.165, 1.54) is 11.1 Å². The fraction of sp³-hybridized carbons (Fsp3) is 0.588. The molecule has 1 fully saturated rings. The Labute approximate surface area is 126 Å². The molecule has 1 N–H and O–H groups in total. The summed E-state index contributed by atoms with van der Waals surface area (Å²) in [6, 6.07) is 6.23. The van der Waals surface area contributed by atoms with E-state index in [0.29, 0.717) is 19.5 Å². The number of likely N-dealkylation sites (tertiary alicyclic amines) is 1. The van der Waals surface area contributed by atoms with Gasteiger partial charge in [-0.15, -0.1) is 0 Å². The van der Waals surface area contributed by atoms with Crippen molar-refractivity contribution < 1.29 is 14.6 Å². The molecule has 0 radical (unpaired) electrons. The molecular weight excluding hydrogens is 266 g/mol. The minimum Gasteiger partial charge on any atom is -0.444 e. The highest BCUT2D eigenvalue weighted by atomic mass is 16.6. The maximum Gasteiger partial charge on any atom is 0.410 e. The van der Waals surface area contributed by atoms with Gasteiger partial charge in [-0.1, -0.05) is 23.8 Å². The van der Waals surface area contributed by atoms with Crippen LogP contribution in [0, 0.1) is 13.8 Å². The number of rotatable bonds is 2. The van der Waals surface area contributed by atoms with E-state index in [9.17, 15) is 9.90 Å². The van der Waals surface area contributed by atoms with Gasteiger partial charge < -0.3 is 14.7 Å². The van der Waals surface area contributed by atoms with Gasteiger partial charge in [-0.25, -0.2) is 4.79 Å². The van der Waals surface area contributed by atoms with Gasteiger partial charge in [-0.05, 0) is 45.7 Å². The van der Waals surface area contributed by atoms with Crippen LogP contribution < -0.4 is 0 Å². The molecule has 0 bridgehead atoms. The standard InChI is InChI=1S/C17H25NO3/c1-12-6-7-13(2)14(8-12)9-17(20)10-18(11-17)15(19)21-16(3,4)5/h6-8,20H,9-11H2,1-5H3. The highest BCUT2D eigenvalue weighted by Gasteiger charge is 2.45. The molecule has 4 nitrogen and oxygen atoms in total. The molecule has 1 heterocycles. The fourth-order valence-corrected chi connectivity index (χ4v) is 2.58. The third kappa shape index (κ3) is 3.97. The molecule has 1 aliphatic rings. The lowest BCUT2D eigenvalue weighted by molar-refractivity contribution is -0.0974. The summed E-state index contributed by atoms with van der Waals surface area (Å²) in [5.41, 5.74) is 2.15. The summed E-state index contributed by atoms with van der Waals surface area (Å²) in [6.45, 7) is 10.3. The van der Waals surface area contributed by atoms with Crippen LogP contribution >= 0.6 is 0 Å². The zero-order valence-electron chi connectivity index (χ0n) is 13.6. The second-order valence-corrected chi connectivity index (χ2v) is 7.17. The second kappa shape index (κ2) is 5.34. The fourth-order valence-electron chi connectivity index (χ4n) is 2.58. The summed E-state index contributed by atoms with van der Waals surface area (Å²) in [4.78, 5) is 13.4. The van der Waals surface area contributed by atoms with Gasteiger partial charge in [-0.2, -0.15) is 0 Å². The highest BCUT2D eigenvalue weighted by molar-refractivity contribution is 5.69. The Morgan fingerprint density at radius 3 is 2.52 bits per heavy atom. The largest absolute Gasteiger partial charge is 0.444 e. The molecule has 1 aromatic rings. The van der Waals surface area contributed by atoms with E-state index in [-0.39, 0.29) is 6.09 Å². The summed E-state index contributed by atoms with van der Waals surface area (Å²) in [5.74, 6) is 0. The average molecular weight is 291 g/mol. The summed E-state index contributed by atoms with van der Waals surface area (Å²) >= 11 is 0. The van der Waals surface area contributed by atoms with Gasteiger partial charge in [-0.3, -0.25) is 0 Å². The molecule has 21 heavy (non-hydrogen) atoms. The summed E-state index contributed by atoms with van der Waals surface area (Å²) in [7, 11) is 0.